The van der Waals surface area contributed by atoms with Gasteiger partial charge in [-0.1, -0.05) is 26.7 Å². The number of hydrogen-bond donors (Lipinski definition) is 2. The number of piperazine rings is 1. The van der Waals surface area contributed by atoms with Gasteiger partial charge < -0.3 is 10.6 Å². The van der Waals surface area contributed by atoms with Gasteiger partial charge in [0.25, 0.3) is 0 Å². The molecule has 2 rings (SSSR count). The fourth-order valence-electron chi connectivity index (χ4n) is 3.88. The van der Waals surface area contributed by atoms with Crippen LogP contribution in [0.5, 0.6) is 0 Å². The fourth-order valence-corrected chi connectivity index (χ4v) is 3.88. The topological polar surface area (TPSA) is 44.4 Å². The fraction of sp³-hybridized carbons (Fsp3) is 0.938. The van der Waals surface area contributed by atoms with Crippen LogP contribution in [0.2, 0.25) is 0 Å². The Morgan fingerprint density at radius 3 is 2.75 bits per heavy atom. The van der Waals surface area contributed by atoms with Crippen LogP contribution >= 0.6 is 0 Å². The van der Waals surface area contributed by atoms with Crippen molar-refractivity contribution >= 4 is 5.91 Å². The Kier molecular flexibility index (Phi) is 5.85. The van der Waals surface area contributed by atoms with Gasteiger partial charge >= 0.3 is 0 Å². The Morgan fingerprint density at radius 2 is 2.05 bits per heavy atom. The SMILES string of the molecule is CNC(=O)C1CNCCN1C1CCCC(C(C)C)CC1. The molecular weight excluding hydrogens is 250 g/mol. The van der Waals surface area contributed by atoms with Gasteiger partial charge in [-0.3, -0.25) is 9.69 Å². The third-order valence-corrected chi connectivity index (χ3v) is 5.23. The predicted molar refractivity (Wildman–Crippen MR) is 82.6 cm³/mol. The zero-order valence-corrected chi connectivity index (χ0v) is 13.3. The van der Waals surface area contributed by atoms with Crippen LogP contribution < -0.4 is 10.6 Å². The summed E-state index contributed by atoms with van der Waals surface area (Å²) >= 11 is 0. The largest absolute Gasteiger partial charge is 0.358 e. The summed E-state index contributed by atoms with van der Waals surface area (Å²) in [7, 11) is 1.75. The summed E-state index contributed by atoms with van der Waals surface area (Å²) < 4.78 is 0. The molecule has 3 unspecified atom stereocenters. The van der Waals surface area contributed by atoms with Crippen molar-refractivity contribution in [2.24, 2.45) is 11.8 Å². The lowest BCUT2D eigenvalue weighted by molar-refractivity contribution is -0.127. The second kappa shape index (κ2) is 7.41. The Labute approximate surface area is 123 Å². The van der Waals surface area contributed by atoms with E-state index in [-0.39, 0.29) is 11.9 Å². The molecule has 0 aromatic heterocycles. The second-order valence-corrected chi connectivity index (χ2v) is 6.74. The average molecular weight is 281 g/mol. The van der Waals surface area contributed by atoms with Crippen LogP contribution in [0.15, 0.2) is 0 Å². The molecule has 0 radical (unpaired) electrons. The van der Waals surface area contributed by atoms with E-state index in [0.29, 0.717) is 6.04 Å². The molecular formula is C16H31N3O. The molecule has 20 heavy (non-hydrogen) atoms. The number of nitrogens with zero attached hydrogens (tertiary/aromatic N) is 1. The molecule has 0 bridgehead atoms. The summed E-state index contributed by atoms with van der Waals surface area (Å²) in [5, 5.41) is 6.19. The van der Waals surface area contributed by atoms with E-state index in [0.717, 1.165) is 31.5 Å². The van der Waals surface area contributed by atoms with Crippen LogP contribution in [-0.4, -0.2) is 49.6 Å². The molecule has 0 aromatic rings. The lowest BCUT2D eigenvalue weighted by Crippen LogP contribution is -2.60. The van der Waals surface area contributed by atoms with Crippen molar-refractivity contribution < 1.29 is 4.79 Å². The number of rotatable bonds is 3. The van der Waals surface area contributed by atoms with Crippen molar-refractivity contribution in [1.82, 2.24) is 15.5 Å². The van der Waals surface area contributed by atoms with Gasteiger partial charge in [0, 0.05) is 32.7 Å². The smallest absolute Gasteiger partial charge is 0.238 e. The highest BCUT2D eigenvalue weighted by Crippen LogP contribution is 2.31. The van der Waals surface area contributed by atoms with Crippen LogP contribution in [0.3, 0.4) is 0 Å². The zero-order valence-electron chi connectivity index (χ0n) is 13.3. The molecule has 1 aliphatic carbocycles. The minimum atomic E-state index is 0.0225. The highest BCUT2D eigenvalue weighted by molar-refractivity contribution is 5.81. The van der Waals surface area contributed by atoms with Crippen LogP contribution in [0, 0.1) is 11.8 Å². The number of hydrogen-bond acceptors (Lipinski definition) is 3. The number of nitrogens with one attached hydrogen (secondary N) is 2. The van der Waals surface area contributed by atoms with Crippen molar-refractivity contribution in [3.63, 3.8) is 0 Å². The van der Waals surface area contributed by atoms with E-state index in [2.05, 4.69) is 29.4 Å². The second-order valence-electron chi connectivity index (χ2n) is 6.74. The third kappa shape index (κ3) is 3.73. The summed E-state index contributed by atoms with van der Waals surface area (Å²) in [6.07, 6.45) is 6.53. The maximum Gasteiger partial charge on any atom is 0.238 e. The molecule has 1 saturated heterocycles. The molecule has 2 aliphatic rings. The van der Waals surface area contributed by atoms with E-state index in [9.17, 15) is 4.79 Å². The Bertz CT molecular complexity index is 319. The standard InChI is InChI=1S/C16H31N3O/c1-12(2)13-5-4-6-14(8-7-13)19-10-9-18-11-15(19)16(20)17-3/h12-15,18H,4-11H2,1-3H3,(H,17,20). The summed E-state index contributed by atoms with van der Waals surface area (Å²) in [6.45, 7) is 7.52. The van der Waals surface area contributed by atoms with E-state index >= 15 is 0 Å². The lowest BCUT2D eigenvalue weighted by Gasteiger charge is -2.40. The van der Waals surface area contributed by atoms with Crippen molar-refractivity contribution in [1.29, 1.82) is 0 Å². The van der Waals surface area contributed by atoms with Gasteiger partial charge in [-0.2, -0.15) is 0 Å². The molecule has 1 heterocycles. The molecule has 4 heteroatoms. The highest BCUT2D eigenvalue weighted by Gasteiger charge is 2.34. The van der Waals surface area contributed by atoms with Gasteiger partial charge in [0.2, 0.25) is 5.91 Å². The van der Waals surface area contributed by atoms with Crippen molar-refractivity contribution in [3.8, 4) is 0 Å². The van der Waals surface area contributed by atoms with E-state index in [4.69, 9.17) is 0 Å². The minimum Gasteiger partial charge on any atom is -0.358 e. The Morgan fingerprint density at radius 1 is 1.25 bits per heavy atom. The van der Waals surface area contributed by atoms with E-state index in [1.54, 1.807) is 7.05 Å². The van der Waals surface area contributed by atoms with E-state index in [1.165, 1.54) is 32.1 Å². The van der Waals surface area contributed by atoms with Crippen LogP contribution in [-0.2, 0) is 4.79 Å². The van der Waals surface area contributed by atoms with Crippen molar-refractivity contribution in [3.05, 3.63) is 0 Å². The van der Waals surface area contributed by atoms with Gasteiger partial charge in [-0.15, -0.1) is 0 Å². The molecule has 1 saturated carbocycles. The zero-order chi connectivity index (χ0) is 14.5. The van der Waals surface area contributed by atoms with Gasteiger partial charge in [0.15, 0.2) is 0 Å². The first-order chi connectivity index (χ1) is 9.63. The first-order valence-electron chi connectivity index (χ1n) is 8.31. The molecule has 1 amide bonds. The molecule has 116 valence electrons. The Hall–Kier alpha value is -0.610. The van der Waals surface area contributed by atoms with Crippen LogP contribution in [0.1, 0.15) is 46.0 Å². The van der Waals surface area contributed by atoms with Crippen molar-refractivity contribution in [2.75, 3.05) is 26.7 Å². The highest BCUT2D eigenvalue weighted by atomic mass is 16.2. The van der Waals surface area contributed by atoms with Gasteiger partial charge in [-0.05, 0) is 31.1 Å². The summed E-state index contributed by atoms with van der Waals surface area (Å²) in [5.41, 5.74) is 0. The maximum atomic E-state index is 12.1. The molecule has 2 N–H and O–H groups in total. The minimum absolute atomic E-state index is 0.0225. The predicted octanol–water partition coefficient (Wildman–Crippen LogP) is 1.61. The quantitative estimate of drug-likeness (QED) is 0.773. The first kappa shape index (κ1) is 15.8. The molecule has 3 atom stereocenters. The van der Waals surface area contributed by atoms with Crippen LogP contribution in [0.25, 0.3) is 0 Å². The number of likely N-dealkylation sites (N-methyl/N-ethyl adjacent to an activating group) is 1. The molecule has 0 aromatic carbocycles. The summed E-state index contributed by atoms with van der Waals surface area (Å²) in [5.74, 6) is 1.84. The average Bonchev–Trinajstić information content (AvgIpc) is 2.72. The van der Waals surface area contributed by atoms with Gasteiger partial charge in [0.05, 0.1) is 0 Å². The monoisotopic (exact) mass is 281 g/mol. The molecule has 0 spiro atoms. The normalized spacial score (nSPS) is 32.9. The summed E-state index contributed by atoms with van der Waals surface area (Å²) in [6, 6.07) is 0.623. The first-order valence-corrected chi connectivity index (χ1v) is 8.31. The van der Waals surface area contributed by atoms with Gasteiger partial charge in [-0.25, -0.2) is 0 Å². The van der Waals surface area contributed by atoms with Crippen molar-refractivity contribution in [2.45, 2.75) is 58.0 Å². The van der Waals surface area contributed by atoms with E-state index in [1.807, 2.05) is 0 Å². The van der Waals surface area contributed by atoms with Crippen LogP contribution in [0.4, 0.5) is 0 Å². The number of carbonyl (C=O) groups excluding carboxylic acids is 1. The number of carbonyl (C=O) groups is 1. The third-order valence-electron chi connectivity index (χ3n) is 5.23. The molecule has 2 fully saturated rings. The van der Waals surface area contributed by atoms with E-state index < -0.39 is 0 Å². The molecule has 4 nitrogen and oxygen atoms in total. The maximum absolute atomic E-state index is 12.1. The Balaban J connectivity index is 1.99. The molecule has 1 aliphatic heterocycles. The lowest BCUT2D eigenvalue weighted by atomic mass is 9.89. The number of amides is 1. The summed E-state index contributed by atoms with van der Waals surface area (Å²) in [4.78, 5) is 14.6. The van der Waals surface area contributed by atoms with Gasteiger partial charge in [0.1, 0.15) is 6.04 Å².